The van der Waals surface area contributed by atoms with E-state index in [1.54, 1.807) is 0 Å². The van der Waals surface area contributed by atoms with Crippen LogP contribution in [0.5, 0.6) is 0 Å². The van der Waals surface area contributed by atoms with E-state index >= 15 is 0 Å². The molecule has 0 saturated carbocycles. The third-order valence-electron chi connectivity index (χ3n) is 3.31. The first-order chi connectivity index (χ1) is 12.4. The van der Waals surface area contributed by atoms with Gasteiger partial charge < -0.3 is 4.74 Å². The van der Waals surface area contributed by atoms with Crippen LogP contribution in [0.2, 0.25) is 0 Å². The Morgan fingerprint density at radius 2 is 1.81 bits per heavy atom. The van der Waals surface area contributed by atoms with Gasteiger partial charge in [-0.1, -0.05) is 12.1 Å². The molecule has 0 fully saturated rings. The lowest BCUT2D eigenvalue weighted by molar-refractivity contribution is -0.184. The summed E-state index contributed by atoms with van der Waals surface area (Å²) >= 11 is 1.06. The van der Waals surface area contributed by atoms with Gasteiger partial charge in [-0.3, -0.25) is 10.1 Å². The average molecular weight is 412 g/mol. The molecule has 27 heavy (non-hydrogen) atoms. The number of benzene rings is 1. The standard InChI is InChI=1S/C16H14F6N2O2S/c1-9(26-8-15(17,18)19)13(25)24-14-23-7-12(27-14)6-10-2-4-11(5-3-10)16(20,21)22/h2-5,7,9H,6,8H2,1H3,(H,23,24,25). The maximum atomic E-state index is 12.5. The quantitative estimate of drug-likeness (QED) is 0.703. The van der Waals surface area contributed by atoms with Crippen LogP contribution in [0.25, 0.3) is 0 Å². The number of amides is 1. The summed E-state index contributed by atoms with van der Waals surface area (Å²) in [5.41, 5.74) is -0.136. The molecule has 0 aliphatic heterocycles. The van der Waals surface area contributed by atoms with Crippen molar-refractivity contribution in [2.45, 2.75) is 31.8 Å². The molecule has 4 nitrogen and oxygen atoms in total. The summed E-state index contributed by atoms with van der Waals surface area (Å²) in [7, 11) is 0. The number of rotatable bonds is 6. The molecule has 0 spiro atoms. The molecule has 0 bridgehead atoms. The van der Waals surface area contributed by atoms with Gasteiger partial charge in [0.05, 0.1) is 5.56 Å². The first kappa shape index (κ1) is 21.2. The maximum Gasteiger partial charge on any atom is 0.416 e. The van der Waals surface area contributed by atoms with E-state index in [9.17, 15) is 31.1 Å². The fraction of sp³-hybridized carbons (Fsp3) is 0.375. The predicted molar refractivity (Wildman–Crippen MR) is 86.5 cm³/mol. The lowest BCUT2D eigenvalue weighted by atomic mass is 10.1. The second-order valence-corrected chi connectivity index (χ2v) is 6.68. The minimum absolute atomic E-state index is 0.157. The summed E-state index contributed by atoms with van der Waals surface area (Å²) < 4.78 is 78.3. The van der Waals surface area contributed by atoms with Crippen LogP contribution in [-0.4, -0.2) is 29.8 Å². The molecule has 1 aromatic heterocycles. The number of thiazole rings is 1. The number of carbonyl (C=O) groups excluding carboxylic acids is 1. The maximum absolute atomic E-state index is 12.5. The van der Waals surface area contributed by atoms with Gasteiger partial charge in [-0.15, -0.1) is 11.3 Å². The highest BCUT2D eigenvalue weighted by Gasteiger charge is 2.30. The van der Waals surface area contributed by atoms with Crippen LogP contribution in [0.4, 0.5) is 31.5 Å². The summed E-state index contributed by atoms with van der Waals surface area (Å²) in [5.74, 6) is -0.783. The third kappa shape index (κ3) is 6.83. The van der Waals surface area contributed by atoms with Crippen molar-refractivity contribution in [3.05, 3.63) is 46.5 Å². The van der Waals surface area contributed by atoms with Crippen molar-refractivity contribution >= 4 is 22.4 Å². The minimum Gasteiger partial charge on any atom is -0.359 e. The molecule has 11 heteroatoms. The van der Waals surface area contributed by atoms with Crippen molar-refractivity contribution in [3.63, 3.8) is 0 Å². The fourth-order valence-corrected chi connectivity index (χ4v) is 2.81. The molecule has 2 rings (SSSR count). The van der Waals surface area contributed by atoms with E-state index in [-0.39, 0.29) is 5.13 Å². The van der Waals surface area contributed by atoms with E-state index in [1.807, 2.05) is 0 Å². The number of carbonyl (C=O) groups is 1. The van der Waals surface area contributed by atoms with Crippen LogP contribution in [0, 0.1) is 0 Å². The fourth-order valence-electron chi connectivity index (χ4n) is 1.96. The van der Waals surface area contributed by atoms with Crippen molar-refractivity contribution < 1.29 is 35.9 Å². The minimum atomic E-state index is -4.54. The van der Waals surface area contributed by atoms with E-state index in [4.69, 9.17) is 0 Å². The molecule has 1 unspecified atom stereocenters. The van der Waals surface area contributed by atoms with Crippen molar-refractivity contribution in [1.29, 1.82) is 0 Å². The highest BCUT2D eigenvalue weighted by atomic mass is 32.1. The first-order valence-electron chi connectivity index (χ1n) is 7.54. The third-order valence-corrected chi connectivity index (χ3v) is 4.22. The topological polar surface area (TPSA) is 51.2 Å². The largest absolute Gasteiger partial charge is 0.416 e. The zero-order chi connectivity index (χ0) is 20.2. The van der Waals surface area contributed by atoms with Crippen molar-refractivity contribution in [2.75, 3.05) is 11.9 Å². The average Bonchev–Trinajstić information content (AvgIpc) is 2.98. The van der Waals surface area contributed by atoms with Crippen molar-refractivity contribution in [1.82, 2.24) is 4.98 Å². The van der Waals surface area contributed by atoms with E-state index in [0.29, 0.717) is 16.9 Å². The number of aromatic nitrogens is 1. The Bertz CT molecular complexity index is 770. The highest BCUT2D eigenvalue weighted by molar-refractivity contribution is 7.15. The molecule has 2 aromatic rings. The molecule has 0 aliphatic rings. The molecular formula is C16H14F6N2O2S. The molecule has 1 amide bonds. The molecule has 1 atom stereocenters. The Kier molecular flexibility index (Phi) is 6.47. The molecular weight excluding hydrogens is 398 g/mol. The highest BCUT2D eigenvalue weighted by Crippen LogP contribution is 2.30. The number of anilines is 1. The zero-order valence-corrected chi connectivity index (χ0v) is 14.6. The summed E-state index contributed by atoms with van der Waals surface area (Å²) in [6, 6.07) is 4.62. The number of hydrogen-bond donors (Lipinski definition) is 1. The summed E-state index contributed by atoms with van der Waals surface area (Å²) in [4.78, 5) is 16.4. The second kappa shape index (κ2) is 8.26. The normalized spacial score (nSPS) is 13.4. The van der Waals surface area contributed by atoms with Crippen LogP contribution in [0.1, 0.15) is 22.9 Å². The molecule has 1 N–H and O–H groups in total. The van der Waals surface area contributed by atoms with Gasteiger partial charge in [-0.05, 0) is 24.6 Å². The monoisotopic (exact) mass is 412 g/mol. The SMILES string of the molecule is CC(OCC(F)(F)F)C(=O)Nc1ncc(Cc2ccc(C(F)(F)F)cc2)s1. The predicted octanol–water partition coefficient (Wildman–Crippen LogP) is 4.66. The number of nitrogens with zero attached hydrogens (tertiary/aromatic N) is 1. The van der Waals surface area contributed by atoms with Gasteiger partial charge in [0.2, 0.25) is 0 Å². The molecule has 148 valence electrons. The van der Waals surface area contributed by atoms with Gasteiger partial charge in [-0.25, -0.2) is 4.98 Å². The van der Waals surface area contributed by atoms with Crippen LogP contribution >= 0.6 is 11.3 Å². The van der Waals surface area contributed by atoms with Gasteiger partial charge in [0.1, 0.15) is 12.7 Å². The van der Waals surface area contributed by atoms with E-state index < -0.39 is 36.5 Å². The number of nitrogens with one attached hydrogen (secondary N) is 1. The van der Waals surface area contributed by atoms with Gasteiger partial charge in [0, 0.05) is 17.5 Å². The first-order valence-corrected chi connectivity index (χ1v) is 8.36. The number of hydrogen-bond acceptors (Lipinski definition) is 4. The van der Waals surface area contributed by atoms with E-state index in [2.05, 4.69) is 15.0 Å². The smallest absolute Gasteiger partial charge is 0.359 e. The molecule has 0 radical (unpaired) electrons. The Labute approximate surface area is 154 Å². The Hall–Kier alpha value is -2.14. The Balaban J connectivity index is 1.91. The van der Waals surface area contributed by atoms with Gasteiger partial charge in [0.25, 0.3) is 5.91 Å². The van der Waals surface area contributed by atoms with Crippen LogP contribution < -0.4 is 5.32 Å². The summed E-state index contributed by atoms with van der Waals surface area (Å²) in [5, 5.41) is 2.50. The number of alkyl halides is 6. The summed E-state index contributed by atoms with van der Waals surface area (Å²) in [6.07, 6.45) is -8.55. The lowest BCUT2D eigenvalue weighted by Crippen LogP contribution is -2.31. The molecule has 1 aromatic carbocycles. The second-order valence-electron chi connectivity index (χ2n) is 5.56. The van der Waals surface area contributed by atoms with Crippen molar-refractivity contribution in [3.8, 4) is 0 Å². The van der Waals surface area contributed by atoms with E-state index in [1.165, 1.54) is 25.3 Å². The van der Waals surface area contributed by atoms with Gasteiger partial charge >= 0.3 is 12.4 Å². The summed E-state index contributed by atoms with van der Waals surface area (Å²) in [6.45, 7) is -0.365. The Morgan fingerprint density at radius 3 is 2.37 bits per heavy atom. The molecule has 1 heterocycles. The van der Waals surface area contributed by atoms with Gasteiger partial charge in [-0.2, -0.15) is 26.3 Å². The van der Waals surface area contributed by atoms with E-state index in [0.717, 1.165) is 23.5 Å². The molecule has 0 saturated heterocycles. The lowest BCUT2D eigenvalue weighted by Gasteiger charge is -2.13. The number of halogens is 6. The van der Waals surface area contributed by atoms with Crippen LogP contribution in [0.3, 0.4) is 0 Å². The number of ether oxygens (including phenoxy) is 1. The van der Waals surface area contributed by atoms with Crippen molar-refractivity contribution in [2.24, 2.45) is 0 Å². The molecule has 0 aliphatic carbocycles. The zero-order valence-electron chi connectivity index (χ0n) is 13.8. The van der Waals surface area contributed by atoms with Crippen LogP contribution in [0.15, 0.2) is 30.5 Å². The van der Waals surface area contributed by atoms with Gasteiger partial charge in [0.15, 0.2) is 5.13 Å². The van der Waals surface area contributed by atoms with Crippen LogP contribution in [-0.2, 0) is 22.1 Å². The Morgan fingerprint density at radius 1 is 1.19 bits per heavy atom.